The number of sulfonamides is 1. The van der Waals surface area contributed by atoms with E-state index in [0.717, 1.165) is 24.4 Å². The van der Waals surface area contributed by atoms with Gasteiger partial charge >= 0.3 is 0 Å². The maximum atomic E-state index is 13.4. The summed E-state index contributed by atoms with van der Waals surface area (Å²) in [5.74, 6) is 0.821. The second-order valence-electron chi connectivity index (χ2n) is 7.52. The summed E-state index contributed by atoms with van der Waals surface area (Å²) < 4.78 is 43.1. The maximum Gasteiger partial charge on any atom is 0.243 e. The van der Waals surface area contributed by atoms with Crippen LogP contribution in [0.4, 0.5) is 4.39 Å². The summed E-state index contributed by atoms with van der Waals surface area (Å²) in [5.41, 5.74) is 2.76. The Balaban J connectivity index is 1.58. The molecule has 2 aromatic heterocycles. The van der Waals surface area contributed by atoms with Crippen LogP contribution in [0.5, 0.6) is 0 Å². The van der Waals surface area contributed by atoms with Gasteiger partial charge in [-0.2, -0.15) is 4.31 Å². The van der Waals surface area contributed by atoms with E-state index in [0.29, 0.717) is 18.7 Å². The van der Waals surface area contributed by atoms with Gasteiger partial charge in [0, 0.05) is 29.6 Å². The molecule has 8 heteroatoms. The highest BCUT2D eigenvalue weighted by atomic mass is 32.2. The van der Waals surface area contributed by atoms with Gasteiger partial charge in [-0.05, 0) is 64.3 Å². The summed E-state index contributed by atoms with van der Waals surface area (Å²) >= 11 is 1.76. The maximum absolute atomic E-state index is 13.4. The lowest BCUT2D eigenvalue weighted by atomic mass is 9.95. The fraction of sp³-hybridized carbons (Fsp3) is 0.450. The molecule has 5 nitrogen and oxygen atoms in total. The minimum absolute atomic E-state index is 0.192. The van der Waals surface area contributed by atoms with Crippen LogP contribution in [-0.4, -0.2) is 35.2 Å². The van der Waals surface area contributed by atoms with Crippen LogP contribution in [-0.2, 0) is 10.0 Å². The van der Waals surface area contributed by atoms with Crippen molar-refractivity contribution in [1.29, 1.82) is 0 Å². The Morgan fingerprint density at radius 1 is 1.14 bits per heavy atom. The van der Waals surface area contributed by atoms with Crippen molar-refractivity contribution in [2.45, 2.75) is 51.3 Å². The van der Waals surface area contributed by atoms with Gasteiger partial charge in [0.15, 0.2) is 0 Å². The normalized spacial score (nSPS) is 16.9. The number of aromatic nitrogens is 2. The smallest absolute Gasteiger partial charge is 0.243 e. The van der Waals surface area contributed by atoms with Crippen molar-refractivity contribution in [3.05, 3.63) is 51.7 Å². The average Bonchev–Trinajstić information content (AvgIpc) is 3.12. The number of rotatable bonds is 3. The van der Waals surface area contributed by atoms with Gasteiger partial charge in [0.1, 0.15) is 16.5 Å². The Morgan fingerprint density at radius 3 is 2.46 bits per heavy atom. The summed E-state index contributed by atoms with van der Waals surface area (Å²) in [6.07, 6.45) is 1.48. The number of hydrogen-bond acceptors (Lipinski definition) is 4. The van der Waals surface area contributed by atoms with Gasteiger partial charge in [0.05, 0.1) is 10.6 Å². The Labute approximate surface area is 168 Å². The third-order valence-electron chi connectivity index (χ3n) is 5.72. The summed E-state index contributed by atoms with van der Waals surface area (Å²) in [7, 11) is -3.61. The van der Waals surface area contributed by atoms with Gasteiger partial charge in [-0.1, -0.05) is 0 Å². The van der Waals surface area contributed by atoms with Crippen molar-refractivity contribution < 1.29 is 12.8 Å². The zero-order valence-electron chi connectivity index (χ0n) is 16.5. The third kappa shape index (κ3) is 3.07. The number of halogens is 1. The molecule has 1 fully saturated rings. The van der Waals surface area contributed by atoms with Gasteiger partial charge in [0.25, 0.3) is 0 Å². The number of aryl methyl sites for hydroxylation is 4. The van der Waals surface area contributed by atoms with Crippen LogP contribution in [0.15, 0.2) is 23.1 Å². The molecule has 0 radical (unpaired) electrons. The van der Waals surface area contributed by atoms with Crippen molar-refractivity contribution >= 4 is 26.2 Å². The number of nitrogens with zero attached hydrogens (tertiary/aromatic N) is 3. The van der Waals surface area contributed by atoms with Gasteiger partial charge in [-0.3, -0.25) is 4.40 Å². The molecule has 28 heavy (non-hydrogen) atoms. The third-order valence-corrected chi connectivity index (χ3v) is 8.96. The molecule has 0 atom stereocenters. The minimum atomic E-state index is -3.61. The lowest BCUT2D eigenvalue weighted by molar-refractivity contribution is 0.318. The number of hydrogen-bond donors (Lipinski definition) is 0. The van der Waals surface area contributed by atoms with Crippen LogP contribution >= 0.6 is 11.3 Å². The topological polar surface area (TPSA) is 54.7 Å². The average molecular weight is 422 g/mol. The van der Waals surface area contributed by atoms with E-state index in [9.17, 15) is 12.8 Å². The first kappa shape index (κ1) is 19.5. The first-order valence-electron chi connectivity index (χ1n) is 9.41. The standard InChI is InChI=1S/C20H24FN3O2S2/c1-12-11-17(21)5-6-18(12)28(25,26)23-9-7-16(8-10-23)19-20-24(15(4)22-19)13(2)14(3)27-20/h5-6,11,16H,7-10H2,1-4H3. The van der Waals surface area contributed by atoms with Gasteiger partial charge in [-0.15, -0.1) is 11.3 Å². The Kier molecular flexibility index (Phi) is 4.84. The Bertz CT molecular complexity index is 1160. The molecule has 1 aromatic carbocycles. The van der Waals surface area contributed by atoms with Crippen LogP contribution in [0.25, 0.3) is 4.83 Å². The molecule has 0 spiro atoms. The fourth-order valence-corrected chi connectivity index (χ4v) is 6.96. The number of thiazole rings is 1. The summed E-state index contributed by atoms with van der Waals surface area (Å²) in [6, 6.07) is 3.84. The second kappa shape index (κ2) is 6.93. The van der Waals surface area contributed by atoms with E-state index in [1.165, 1.54) is 37.9 Å². The molecule has 1 aliphatic heterocycles. The predicted octanol–water partition coefficient (Wildman–Crippen LogP) is 4.34. The van der Waals surface area contributed by atoms with E-state index in [4.69, 9.17) is 4.98 Å². The molecule has 3 heterocycles. The SMILES string of the molecule is Cc1cc(F)ccc1S(=O)(=O)N1CCC(c2nc(C)n3c(C)c(C)sc23)CC1. The minimum Gasteiger partial charge on any atom is -0.291 e. The summed E-state index contributed by atoms with van der Waals surface area (Å²) in [4.78, 5) is 7.47. The van der Waals surface area contributed by atoms with Gasteiger partial charge in [-0.25, -0.2) is 17.8 Å². The predicted molar refractivity (Wildman–Crippen MR) is 109 cm³/mol. The van der Waals surface area contributed by atoms with Crippen LogP contribution < -0.4 is 0 Å². The van der Waals surface area contributed by atoms with Crippen LogP contribution in [0.1, 0.15) is 46.4 Å². The van der Waals surface area contributed by atoms with E-state index < -0.39 is 15.8 Å². The molecule has 0 saturated carbocycles. The molecule has 0 amide bonds. The van der Waals surface area contributed by atoms with E-state index in [1.807, 2.05) is 6.92 Å². The molecule has 4 rings (SSSR count). The molecular weight excluding hydrogens is 397 g/mol. The van der Waals surface area contributed by atoms with Crippen molar-refractivity contribution in [2.75, 3.05) is 13.1 Å². The largest absolute Gasteiger partial charge is 0.291 e. The highest BCUT2D eigenvalue weighted by molar-refractivity contribution is 7.89. The molecule has 0 bridgehead atoms. The molecule has 1 aliphatic rings. The van der Waals surface area contributed by atoms with E-state index in [1.54, 1.807) is 18.3 Å². The van der Waals surface area contributed by atoms with Crippen molar-refractivity contribution in [2.24, 2.45) is 0 Å². The quantitative estimate of drug-likeness (QED) is 0.632. The van der Waals surface area contributed by atoms with Crippen molar-refractivity contribution in [3.63, 3.8) is 0 Å². The fourth-order valence-electron chi connectivity index (χ4n) is 4.08. The molecular formula is C20H24FN3O2S2. The van der Waals surface area contributed by atoms with Gasteiger partial charge < -0.3 is 0 Å². The Morgan fingerprint density at radius 2 is 1.82 bits per heavy atom. The number of imidazole rings is 1. The lowest BCUT2D eigenvalue weighted by Gasteiger charge is -2.31. The lowest BCUT2D eigenvalue weighted by Crippen LogP contribution is -2.38. The highest BCUT2D eigenvalue weighted by Gasteiger charge is 2.33. The first-order chi connectivity index (χ1) is 13.2. The van der Waals surface area contributed by atoms with Crippen LogP contribution in [0, 0.1) is 33.5 Å². The summed E-state index contributed by atoms with van der Waals surface area (Å²) in [6.45, 7) is 8.78. The monoisotopic (exact) mass is 421 g/mol. The second-order valence-corrected chi connectivity index (χ2v) is 10.6. The highest BCUT2D eigenvalue weighted by Crippen LogP contribution is 2.36. The first-order valence-corrected chi connectivity index (χ1v) is 11.7. The van der Waals surface area contributed by atoms with Crippen LogP contribution in [0.3, 0.4) is 0 Å². The van der Waals surface area contributed by atoms with Gasteiger partial charge in [0.2, 0.25) is 10.0 Å². The Hall–Kier alpha value is -1.77. The number of benzene rings is 1. The molecule has 3 aromatic rings. The van der Waals surface area contributed by atoms with Crippen molar-refractivity contribution in [1.82, 2.24) is 13.7 Å². The summed E-state index contributed by atoms with van der Waals surface area (Å²) in [5, 5.41) is 0. The molecule has 0 unspecified atom stereocenters. The van der Waals surface area contributed by atoms with Crippen molar-refractivity contribution in [3.8, 4) is 0 Å². The molecule has 150 valence electrons. The van der Waals surface area contributed by atoms with Crippen LogP contribution in [0.2, 0.25) is 0 Å². The zero-order valence-corrected chi connectivity index (χ0v) is 18.1. The number of piperidine rings is 1. The van der Waals surface area contributed by atoms with E-state index in [2.05, 4.69) is 18.2 Å². The van der Waals surface area contributed by atoms with E-state index >= 15 is 0 Å². The molecule has 0 N–H and O–H groups in total. The van der Waals surface area contributed by atoms with E-state index in [-0.39, 0.29) is 10.8 Å². The zero-order chi connectivity index (χ0) is 20.2. The number of fused-ring (bicyclic) bond motifs is 1. The molecule has 0 aliphatic carbocycles. The molecule has 1 saturated heterocycles.